The third-order valence-electron chi connectivity index (χ3n) is 4.41. The van der Waals surface area contributed by atoms with Crippen molar-refractivity contribution in [3.05, 3.63) is 78.6 Å². The minimum Gasteiger partial charge on any atom is -0.342 e. The lowest BCUT2D eigenvalue weighted by atomic mass is 10.1. The highest BCUT2D eigenvalue weighted by Crippen LogP contribution is 2.34. The molecule has 1 unspecified atom stereocenters. The highest BCUT2D eigenvalue weighted by molar-refractivity contribution is 5.80. The number of para-hydroxylation sites is 3. The van der Waals surface area contributed by atoms with Gasteiger partial charge in [-0.1, -0.05) is 24.3 Å². The molecule has 110 valence electrons. The van der Waals surface area contributed by atoms with E-state index in [1.807, 2.05) is 12.4 Å². The fraction of sp³-hybridized carbons (Fsp3) is 0.0526. The number of H-pyrrole nitrogens is 1. The number of aromatic amines is 1. The Morgan fingerprint density at radius 2 is 1.65 bits per heavy atom. The van der Waals surface area contributed by atoms with E-state index in [1.165, 1.54) is 16.6 Å². The van der Waals surface area contributed by atoms with E-state index in [0.717, 1.165) is 17.0 Å². The van der Waals surface area contributed by atoms with Crippen molar-refractivity contribution in [3.63, 3.8) is 0 Å². The second-order valence-corrected chi connectivity index (χ2v) is 5.73. The van der Waals surface area contributed by atoms with Gasteiger partial charge in [-0.25, -0.2) is 4.98 Å². The second-order valence-electron chi connectivity index (χ2n) is 5.73. The van der Waals surface area contributed by atoms with Gasteiger partial charge in [0.1, 0.15) is 0 Å². The molecule has 4 heteroatoms. The van der Waals surface area contributed by atoms with E-state index in [1.54, 1.807) is 0 Å². The standard InChI is InChI=1S/C19H14N4/c1-2-6-15-14(5-1)19-22-16-7-3-4-8-17(16)23(19)18(21-15)13-9-11-20-12-10-13/h1-12,18H,(H,21,22)/p+1. The Hall–Kier alpha value is -3.14. The van der Waals surface area contributed by atoms with Crippen molar-refractivity contribution in [2.45, 2.75) is 6.17 Å². The quantitative estimate of drug-likeness (QED) is 0.528. The number of pyridine rings is 1. The molecule has 2 aromatic carbocycles. The number of rotatable bonds is 1. The molecule has 3 heterocycles. The van der Waals surface area contributed by atoms with E-state index in [-0.39, 0.29) is 6.17 Å². The fourth-order valence-electron chi connectivity index (χ4n) is 3.37. The zero-order valence-corrected chi connectivity index (χ0v) is 12.4. The molecule has 0 fully saturated rings. The number of nitrogens with one attached hydrogen (secondary N) is 2. The Bertz CT molecular complexity index is 1000. The largest absolute Gasteiger partial charge is 0.342 e. The Morgan fingerprint density at radius 3 is 2.57 bits per heavy atom. The molecule has 0 aliphatic carbocycles. The maximum Gasteiger partial charge on any atom is 0.291 e. The van der Waals surface area contributed by atoms with Gasteiger partial charge in [0.05, 0.1) is 11.3 Å². The predicted octanol–water partition coefficient (Wildman–Crippen LogP) is 3.49. The molecule has 2 aromatic heterocycles. The molecular formula is C19H15N4+. The predicted molar refractivity (Wildman–Crippen MR) is 89.9 cm³/mol. The van der Waals surface area contributed by atoms with Crippen LogP contribution in [0.4, 0.5) is 5.69 Å². The molecule has 4 aromatic rings. The summed E-state index contributed by atoms with van der Waals surface area (Å²) in [5.74, 6) is 1.13. The number of hydrogen-bond donors (Lipinski definition) is 2. The van der Waals surface area contributed by atoms with Gasteiger partial charge in [-0.3, -0.25) is 4.98 Å². The summed E-state index contributed by atoms with van der Waals surface area (Å²) in [6.07, 6.45) is 3.72. The molecule has 0 bridgehead atoms. The van der Waals surface area contributed by atoms with E-state index in [9.17, 15) is 0 Å². The summed E-state index contributed by atoms with van der Waals surface area (Å²) in [6.45, 7) is 0. The van der Waals surface area contributed by atoms with Crippen LogP contribution in [0.2, 0.25) is 0 Å². The van der Waals surface area contributed by atoms with E-state index >= 15 is 0 Å². The normalized spacial score (nSPS) is 15.7. The molecule has 5 rings (SSSR count). The van der Waals surface area contributed by atoms with Gasteiger partial charge in [-0.05, 0) is 36.4 Å². The van der Waals surface area contributed by atoms with Crippen LogP contribution in [0, 0.1) is 0 Å². The summed E-state index contributed by atoms with van der Waals surface area (Å²) in [7, 11) is 0. The van der Waals surface area contributed by atoms with Crippen LogP contribution in [0.25, 0.3) is 22.4 Å². The van der Waals surface area contributed by atoms with Crippen molar-refractivity contribution in [1.82, 2.24) is 9.97 Å². The van der Waals surface area contributed by atoms with Crippen LogP contribution in [0.1, 0.15) is 11.7 Å². The molecule has 1 atom stereocenters. The summed E-state index contributed by atoms with van der Waals surface area (Å²) >= 11 is 0. The minimum atomic E-state index is 0.0408. The summed E-state index contributed by atoms with van der Waals surface area (Å²) in [5, 5.41) is 3.66. The van der Waals surface area contributed by atoms with Crippen LogP contribution >= 0.6 is 0 Å². The van der Waals surface area contributed by atoms with Gasteiger partial charge in [0.2, 0.25) is 0 Å². The number of fused-ring (bicyclic) bond motifs is 5. The molecule has 2 N–H and O–H groups in total. The Balaban J connectivity index is 1.85. The Morgan fingerprint density at radius 1 is 0.870 bits per heavy atom. The SMILES string of the molecule is c1ccc2c(c1)NC(c1ccncc1)[n+]1c-2[nH]c2ccccc21. The molecule has 0 saturated heterocycles. The van der Waals surface area contributed by atoms with Gasteiger partial charge >= 0.3 is 0 Å². The summed E-state index contributed by atoms with van der Waals surface area (Å²) in [6, 6.07) is 20.9. The van der Waals surface area contributed by atoms with E-state index in [2.05, 4.69) is 80.5 Å². The van der Waals surface area contributed by atoms with E-state index < -0.39 is 0 Å². The minimum absolute atomic E-state index is 0.0408. The van der Waals surface area contributed by atoms with Crippen LogP contribution in [0.3, 0.4) is 0 Å². The lowest BCUT2D eigenvalue weighted by Gasteiger charge is -2.24. The summed E-state index contributed by atoms with van der Waals surface area (Å²) in [4.78, 5) is 7.72. The van der Waals surface area contributed by atoms with E-state index in [0.29, 0.717) is 0 Å². The number of hydrogen-bond acceptors (Lipinski definition) is 2. The van der Waals surface area contributed by atoms with Gasteiger partial charge < -0.3 is 5.32 Å². The average Bonchev–Trinajstić information content (AvgIpc) is 3.02. The summed E-state index contributed by atoms with van der Waals surface area (Å²) in [5.41, 5.74) is 5.84. The number of imidazole rings is 1. The third kappa shape index (κ3) is 1.78. The van der Waals surface area contributed by atoms with Crippen molar-refractivity contribution >= 4 is 16.7 Å². The van der Waals surface area contributed by atoms with Gasteiger partial charge in [-0.2, -0.15) is 4.57 Å². The molecule has 23 heavy (non-hydrogen) atoms. The fourth-order valence-corrected chi connectivity index (χ4v) is 3.37. The topological polar surface area (TPSA) is 44.6 Å². The lowest BCUT2D eigenvalue weighted by Crippen LogP contribution is -2.48. The summed E-state index contributed by atoms with van der Waals surface area (Å²) < 4.78 is 2.33. The van der Waals surface area contributed by atoms with Crippen LogP contribution in [-0.2, 0) is 0 Å². The number of benzene rings is 2. The Kier molecular flexibility index (Phi) is 2.52. The van der Waals surface area contributed by atoms with Crippen molar-refractivity contribution in [2.24, 2.45) is 0 Å². The first-order valence-corrected chi connectivity index (χ1v) is 7.70. The zero-order valence-electron chi connectivity index (χ0n) is 12.4. The number of aromatic nitrogens is 3. The van der Waals surface area contributed by atoms with Crippen LogP contribution in [-0.4, -0.2) is 9.97 Å². The number of anilines is 1. The average molecular weight is 299 g/mol. The van der Waals surface area contributed by atoms with Crippen LogP contribution < -0.4 is 9.88 Å². The van der Waals surface area contributed by atoms with Crippen molar-refractivity contribution < 1.29 is 4.57 Å². The molecule has 0 amide bonds. The zero-order chi connectivity index (χ0) is 15.2. The smallest absolute Gasteiger partial charge is 0.291 e. The lowest BCUT2D eigenvalue weighted by molar-refractivity contribution is -0.673. The van der Waals surface area contributed by atoms with E-state index in [4.69, 9.17) is 0 Å². The number of nitrogens with zero attached hydrogens (tertiary/aromatic N) is 2. The maximum absolute atomic E-state index is 4.15. The first kappa shape index (κ1) is 12.4. The van der Waals surface area contributed by atoms with Gasteiger partial charge in [0, 0.05) is 18.0 Å². The highest BCUT2D eigenvalue weighted by atomic mass is 15.2. The molecule has 0 spiro atoms. The molecule has 0 radical (unpaired) electrons. The van der Waals surface area contributed by atoms with Gasteiger partial charge in [0.15, 0.2) is 17.2 Å². The molecule has 1 aliphatic heterocycles. The van der Waals surface area contributed by atoms with Crippen LogP contribution in [0.5, 0.6) is 0 Å². The highest BCUT2D eigenvalue weighted by Gasteiger charge is 2.34. The van der Waals surface area contributed by atoms with Gasteiger partial charge in [-0.15, -0.1) is 0 Å². The van der Waals surface area contributed by atoms with Crippen molar-refractivity contribution in [1.29, 1.82) is 0 Å². The van der Waals surface area contributed by atoms with Crippen molar-refractivity contribution in [3.8, 4) is 11.4 Å². The monoisotopic (exact) mass is 299 g/mol. The first-order chi connectivity index (χ1) is 11.4. The second kappa shape index (κ2) is 4.68. The first-order valence-electron chi connectivity index (χ1n) is 7.70. The molecule has 0 saturated carbocycles. The molecule has 1 aliphatic rings. The van der Waals surface area contributed by atoms with Gasteiger partial charge in [0.25, 0.3) is 5.82 Å². The Labute approximate surface area is 133 Å². The molecule has 4 nitrogen and oxygen atoms in total. The maximum atomic E-state index is 4.15. The molecular weight excluding hydrogens is 284 g/mol. The van der Waals surface area contributed by atoms with Crippen LogP contribution in [0.15, 0.2) is 73.1 Å². The third-order valence-corrected chi connectivity index (χ3v) is 4.41. The van der Waals surface area contributed by atoms with Crippen molar-refractivity contribution in [2.75, 3.05) is 5.32 Å².